The van der Waals surface area contributed by atoms with Crippen LogP contribution < -0.4 is 10.2 Å². The first-order valence-electron chi connectivity index (χ1n) is 13.8. The Hall–Kier alpha value is -3.65. The summed E-state index contributed by atoms with van der Waals surface area (Å²) in [6.45, 7) is 9.85. The normalized spacial score (nSPS) is 14.4. The molecule has 0 aliphatic carbocycles. The third-order valence-corrected chi connectivity index (χ3v) is 8.21. The molecule has 1 aliphatic rings. The van der Waals surface area contributed by atoms with Crippen LogP contribution in [-0.4, -0.2) is 66.8 Å². The Morgan fingerprint density at radius 2 is 1.69 bits per heavy atom. The smallest absolute Gasteiger partial charge is 0.265 e. The van der Waals surface area contributed by atoms with Crippen LogP contribution in [0, 0.1) is 0 Å². The number of hydrogen-bond donors (Lipinski definition) is 1. The average molecular weight is 547 g/mol. The molecule has 0 bridgehead atoms. The first-order valence-corrected chi connectivity index (χ1v) is 14.7. The number of rotatable bonds is 9. The van der Waals surface area contributed by atoms with Gasteiger partial charge in [0.25, 0.3) is 11.8 Å². The molecule has 39 heavy (non-hydrogen) atoms. The zero-order valence-corrected chi connectivity index (χ0v) is 23.9. The number of amides is 3. The molecule has 1 N–H and O–H groups in total. The molecule has 2 heterocycles. The van der Waals surface area contributed by atoms with E-state index in [0.717, 1.165) is 30.6 Å². The fraction of sp³-hybridized carbons (Fsp3) is 0.387. The van der Waals surface area contributed by atoms with Crippen molar-refractivity contribution in [3.05, 3.63) is 82.0 Å². The quantitative estimate of drug-likeness (QED) is 0.373. The van der Waals surface area contributed by atoms with Crippen molar-refractivity contribution in [1.82, 2.24) is 9.80 Å². The predicted octanol–water partition coefficient (Wildman–Crippen LogP) is 5.71. The Labute approximate surface area is 235 Å². The lowest BCUT2D eigenvalue weighted by molar-refractivity contribution is -0.132. The average Bonchev–Trinajstić information content (AvgIpc) is 3.40. The summed E-state index contributed by atoms with van der Waals surface area (Å²) in [5, 5.41) is 4.81. The Balaban J connectivity index is 1.56. The van der Waals surface area contributed by atoms with Gasteiger partial charge < -0.3 is 20.0 Å². The molecule has 0 spiro atoms. The molecule has 7 nitrogen and oxygen atoms in total. The van der Waals surface area contributed by atoms with Crippen molar-refractivity contribution in [2.45, 2.75) is 39.5 Å². The predicted molar refractivity (Wildman–Crippen MR) is 159 cm³/mol. The van der Waals surface area contributed by atoms with Crippen LogP contribution in [0.1, 0.15) is 65.1 Å². The SMILES string of the molecule is CCC(C(=O)N1CCCN(c2ccc(NC(=O)c3cccs3)cc2C(=O)N(CC)CC)CC1)c1ccccc1. The van der Waals surface area contributed by atoms with Gasteiger partial charge in [-0.3, -0.25) is 14.4 Å². The standard InChI is InChI=1S/C31H38N4O3S/c1-4-25(23-12-8-7-9-13-23)30(37)35-18-11-17-34(19-20-35)27-16-15-24(32-29(36)28-14-10-21-39-28)22-26(27)31(38)33(5-2)6-3/h7-10,12-16,21-22,25H,4-6,11,17-20H2,1-3H3,(H,32,36). The third kappa shape index (κ3) is 6.68. The van der Waals surface area contributed by atoms with Crippen LogP contribution in [0.4, 0.5) is 11.4 Å². The minimum atomic E-state index is -0.188. The van der Waals surface area contributed by atoms with Crippen molar-refractivity contribution >= 4 is 40.4 Å². The van der Waals surface area contributed by atoms with Gasteiger partial charge in [-0.1, -0.05) is 43.3 Å². The monoisotopic (exact) mass is 546 g/mol. The fourth-order valence-electron chi connectivity index (χ4n) is 5.18. The largest absolute Gasteiger partial charge is 0.369 e. The number of nitrogens with zero attached hydrogens (tertiary/aromatic N) is 3. The topological polar surface area (TPSA) is 73.0 Å². The van der Waals surface area contributed by atoms with Crippen LogP contribution in [0.15, 0.2) is 66.0 Å². The van der Waals surface area contributed by atoms with Gasteiger partial charge in [-0.05, 0) is 61.9 Å². The van der Waals surface area contributed by atoms with Crippen molar-refractivity contribution in [2.24, 2.45) is 0 Å². The highest BCUT2D eigenvalue weighted by Gasteiger charge is 2.28. The van der Waals surface area contributed by atoms with E-state index < -0.39 is 0 Å². The molecule has 4 rings (SSSR count). The van der Waals surface area contributed by atoms with E-state index in [1.54, 1.807) is 17.0 Å². The van der Waals surface area contributed by atoms with Gasteiger partial charge in [-0.15, -0.1) is 11.3 Å². The maximum atomic E-state index is 13.6. The van der Waals surface area contributed by atoms with Gasteiger partial charge in [0, 0.05) is 50.6 Å². The van der Waals surface area contributed by atoms with Crippen molar-refractivity contribution < 1.29 is 14.4 Å². The molecule has 0 saturated carbocycles. The van der Waals surface area contributed by atoms with Gasteiger partial charge in [0.05, 0.1) is 16.4 Å². The maximum Gasteiger partial charge on any atom is 0.265 e. The number of nitrogens with one attached hydrogen (secondary N) is 1. The number of carbonyl (C=O) groups is 3. The number of benzene rings is 2. The molecule has 1 aliphatic heterocycles. The van der Waals surface area contributed by atoms with Crippen molar-refractivity contribution in [2.75, 3.05) is 49.5 Å². The molecule has 0 radical (unpaired) electrons. The summed E-state index contributed by atoms with van der Waals surface area (Å²) in [5.41, 5.74) is 3.05. The lowest BCUT2D eigenvalue weighted by Gasteiger charge is -2.29. The Kier molecular flexibility index (Phi) is 9.76. The first-order chi connectivity index (χ1) is 19.0. The van der Waals surface area contributed by atoms with Gasteiger partial charge in [0.1, 0.15) is 0 Å². The van der Waals surface area contributed by atoms with Crippen LogP contribution in [0.2, 0.25) is 0 Å². The van der Waals surface area contributed by atoms with Gasteiger partial charge in [0.2, 0.25) is 5.91 Å². The molecule has 1 saturated heterocycles. The summed E-state index contributed by atoms with van der Waals surface area (Å²) in [6.07, 6.45) is 1.57. The molecular weight excluding hydrogens is 508 g/mol. The summed E-state index contributed by atoms with van der Waals surface area (Å²) in [6, 6.07) is 19.2. The summed E-state index contributed by atoms with van der Waals surface area (Å²) >= 11 is 1.38. The molecule has 3 amide bonds. The second kappa shape index (κ2) is 13.4. The van der Waals surface area contributed by atoms with Crippen LogP contribution in [-0.2, 0) is 4.79 Å². The van der Waals surface area contributed by atoms with E-state index in [2.05, 4.69) is 17.1 Å². The second-order valence-corrected chi connectivity index (χ2v) is 10.6. The minimum Gasteiger partial charge on any atom is -0.369 e. The van der Waals surface area contributed by atoms with Crippen LogP contribution in [0.5, 0.6) is 0 Å². The molecule has 1 aromatic heterocycles. The zero-order valence-electron chi connectivity index (χ0n) is 23.1. The minimum absolute atomic E-state index is 0.0606. The van der Waals surface area contributed by atoms with Crippen LogP contribution in [0.25, 0.3) is 0 Å². The van der Waals surface area contributed by atoms with Crippen LogP contribution >= 0.6 is 11.3 Å². The second-order valence-electron chi connectivity index (χ2n) is 9.68. The van der Waals surface area contributed by atoms with E-state index in [0.29, 0.717) is 48.9 Å². The Morgan fingerprint density at radius 3 is 2.36 bits per heavy atom. The summed E-state index contributed by atoms with van der Waals surface area (Å²) < 4.78 is 0. The molecule has 3 aromatic rings. The van der Waals surface area contributed by atoms with Crippen molar-refractivity contribution in [3.8, 4) is 0 Å². The maximum absolute atomic E-state index is 13.6. The van der Waals surface area contributed by atoms with E-state index >= 15 is 0 Å². The van der Waals surface area contributed by atoms with Gasteiger partial charge in [-0.2, -0.15) is 0 Å². The molecule has 1 unspecified atom stereocenters. The first kappa shape index (κ1) is 28.4. The lowest BCUT2D eigenvalue weighted by Crippen LogP contribution is -2.38. The molecular formula is C31H38N4O3S. The highest BCUT2D eigenvalue weighted by atomic mass is 32.1. The molecule has 1 atom stereocenters. The molecule has 2 aromatic carbocycles. The molecule has 8 heteroatoms. The summed E-state index contributed by atoms with van der Waals surface area (Å²) in [7, 11) is 0. The van der Waals surface area contributed by atoms with Crippen molar-refractivity contribution in [3.63, 3.8) is 0 Å². The number of anilines is 2. The van der Waals surface area contributed by atoms with E-state index in [-0.39, 0.29) is 23.6 Å². The van der Waals surface area contributed by atoms with Crippen molar-refractivity contribution in [1.29, 1.82) is 0 Å². The number of carbonyl (C=O) groups excluding carboxylic acids is 3. The Bertz CT molecular complexity index is 1260. The molecule has 206 valence electrons. The van der Waals surface area contributed by atoms with Crippen LogP contribution in [0.3, 0.4) is 0 Å². The fourth-order valence-corrected chi connectivity index (χ4v) is 5.80. The summed E-state index contributed by atoms with van der Waals surface area (Å²) in [5.74, 6) is -0.234. The number of hydrogen-bond acceptors (Lipinski definition) is 5. The van der Waals surface area contributed by atoms with E-state index in [1.807, 2.05) is 72.7 Å². The van der Waals surface area contributed by atoms with E-state index in [1.165, 1.54) is 11.3 Å². The number of thiophene rings is 1. The van der Waals surface area contributed by atoms with Gasteiger partial charge >= 0.3 is 0 Å². The van der Waals surface area contributed by atoms with E-state index in [9.17, 15) is 14.4 Å². The summed E-state index contributed by atoms with van der Waals surface area (Å²) in [4.78, 5) is 46.4. The molecule has 1 fully saturated rings. The highest BCUT2D eigenvalue weighted by molar-refractivity contribution is 7.12. The lowest BCUT2D eigenvalue weighted by atomic mass is 9.95. The van der Waals surface area contributed by atoms with Gasteiger partial charge in [-0.25, -0.2) is 0 Å². The zero-order chi connectivity index (χ0) is 27.8. The Morgan fingerprint density at radius 1 is 0.923 bits per heavy atom. The van der Waals surface area contributed by atoms with Gasteiger partial charge in [0.15, 0.2) is 0 Å². The van der Waals surface area contributed by atoms with E-state index in [4.69, 9.17) is 0 Å². The highest BCUT2D eigenvalue weighted by Crippen LogP contribution is 2.29. The third-order valence-electron chi connectivity index (χ3n) is 7.34.